The zero-order valence-corrected chi connectivity index (χ0v) is 22.2. The van der Waals surface area contributed by atoms with Gasteiger partial charge in [-0.05, 0) is 60.0 Å². The first kappa shape index (κ1) is 25.2. The molecule has 1 aromatic heterocycles. The molecule has 35 heavy (non-hydrogen) atoms. The Morgan fingerprint density at radius 2 is 1.89 bits per heavy atom. The summed E-state index contributed by atoms with van der Waals surface area (Å²) in [5.41, 5.74) is 1.99. The summed E-state index contributed by atoms with van der Waals surface area (Å²) in [7, 11) is 1.54. The minimum Gasteiger partial charge on any atom is -0.493 e. The highest BCUT2D eigenvalue weighted by Crippen LogP contribution is 2.36. The first-order valence-electron chi connectivity index (χ1n) is 10.9. The van der Waals surface area contributed by atoms with Crippen molar-refractivity contribution in [3.05, 3.63) is 96.4 Å². The van der Waals surface area contributed by atoms with Gasteiger partial charge in [0.05, 0.1) is 29.2 Å². The van der Waals surface area contributed by atoms with Gasteiger partial charge in [0.15, 0.2) is 11.5 Å². The molecule has 6 nitrogen and oxygen atoms in total. The number of aryl methyl sites for hydroxylation is 1. The highest BCUT2D eigenvalue weighted by Gasteiger charge is 2.14. The number of methoxy groups -OCH3 is 1. The van der Waals surface area contributed by atoms with Gasteiger partial charge in [0, 0.05) is 15.9 Å². The van der Waals surface area contributed by atoms with Gasteiger partial charge >= 0.3 is 0 Å². The van der Waals surface area contributed by atoms with E-state index in [2.05, 4.69) is 26.0 Å². The molecule has 0 aliphatic rings. The van der Waals surface area contributed by atoms with Gasteiger partial charge in [-0.2, -0.15) is 9.78 Å². The highest BCUT2D eigenvalue weighted by atomic mass is 79.9. The van der Waals surface area contributed by atoms with Gasteiger partial charge in [-0.1, -0.05) is 58.2 Å². The van der Waals surface area contributed by atoms with Crippen LogP contribution in [0.25, 0.3) is 10.9 Å². The number of hydrogen-bond acceptors (Lipinski definition) is 5. The van der Waals surface area contributed by atoms with Crippen molar-refractivity contribution in [2.75, 3.05) is 7.11 Å². The number of halogens is 3. The lowest BCUT2D eigenvalue weighted by Gasteiger charge is -2.13. The van der Waals surface area contributed by atoms with Crippen LogP contribution in [0.1, 0.15) is 30.3 Å². The van der Waals surface area contributed by atoms with E-state index in [-0.39, 0.29) is 5.56 Å². The van der Waals surface area contributed by atoms with Gasteiger partial charge in [0.1, 0.15) is 12.4 Å². The van der Waals surface area contributed by atoms with Crippen LogP contribution in [-0.4, -0.2) is 23.0 Å². The third-order valence-corrected chi connectivity index (χ3v) is 6.25. The molecule has 0 saturated heterocycles. The number of benzene rings is 3. The summed E-state index contributed by atoms with van der Waals surface area (Å²) in [6.07, 6.45) is 2.99. The first-order chi connectivity index (χ1) is 16.9. The van der Waals surface area contributed by atoms with Crippen LogP contribution in [0.3, 0.4) is 0 Å². The lowest BCUT2D eigenvalue weighted by atomic mass is 10.2. The Hall–Kier alpha value is -2.87. The van der Waals surface area contributed by atoms with E-state index in [4.69, 9.17) is 32.7 Å². The molecule has 3 aromatic carbocycles. The van der Waals surface area contributed by atoms with Crippen LogP contribution >= 0.6 is 39.1 Å². The predicted octanol–water partition coefficient (Wildman–Crippen LogP) is 6.89. The van der Waals surface area contributed by atoms with Crippen molar-refractivity contribution >= 4 is 56.2 Å². The van der Waals surface area contributed by atoms with Crippen molar-refractivity contribution in [2.45, 2.75) is 26.4 Å². The second-order valence-electron chi connectivity index (χ2n) is 7.75. The predicted molar refractivity (Wildman–Crippen MR) is 144 cm³/mol. The van der Waals surface area contributed by atoms with Crippen molar-refractivity contribution in [3.63, 3.8) is 0 Å². The van der Waals surface area contributed by atoms with Gasteiger partial charge in [0.2, 0.25) is 0 Å². The van der Waals surface area contributed by atoms with Crippen LogP contribution in [0.15, 0.2) is 69.0 Å². The molecule has 0 atom stereocenters. The fourth-order valence-electron chi connectivity index (χ4n) is 3.51. The summed E-state index contributed by atoms with van der Waals surface area (Å²) in [5.74, 6) is 1.46. The molecule has 180 valence electrons. The van der Waals surface area contributed by atoms with Gasteiger partial charge in [-0.25, -0.2) is 4.98 Å². The molecule has 0 unspecified atom stereocenters. The summed E-state index contributed by atoms with van der Waals surface area (Å²) in [4.78, 5) is 17.8. The Morgan fingerprint density at radius 3 is 2.60 bits per heavy atom. The Labute approximate surface area is 221 Å². The number of fused-ring (bicyclic) bond motifs is 1. The molecular weight excluding hydrogens is 553 g/mol. The molecule has 0 N–H and O–H groups in total. The van der Waals surface area contributed by atoms with E-state index in [1.807, 2.05) is 31.2 Å². The molecule has 4 aromatic rings. The van der Waals surface area contributed by atoms with E-state index in [9.17, 15) is 4.79 Å². The average Bonchev–Trinajstić information content (AvgIpc) is 2.84. The third-order valence-electron chi connectivity index (χ3n) is 5.22. The molecule has 1 heterocycles. The van der Waals surface area contributed by atoms with Gasteiger partial charge < -0.3 is 9.47 Å². The van der Waals surface area contributed by atoms with Crippen LogP contribution in [0.5, 0.6) is 11.5 Å². The lowest BCUT2D eigenvalue weighted by Crippen LogP contribution is -2.22. The summed E-state index contributed by atoms with van der Waals surface area (Å²) in [5, 5.41) is 5.96. The smallest absolute Gasteiger partial charge is 0.282 e. The average molecular weight is 575 g/mol. The summed E-state index contributed by atoms with van der Waals surface area (Å²) in [6.45, 7) is 2.33. The van der Waals surface area contributed by atoms with E-state index in [1.54, 1.807) is 36.5 Å². The molecular formula is C26H22BrCl2N3O3. The standard InChI is InChI=1S/C26H22BrCl2N3O3/c1-3-4-24-31-22-10-7-18(27)13-20(22)26(33)32(24)30-14-17-11-21(29)25(23(12-17)34-2)35-15-16-5-8-19(28)9-6-16/h5-14H,3-4,15H2,1-2H3. The second-order valence-corrected chi connectivity index (χ2v) is 9.51. The van der Waals surface area contributed by atoms with Crippen molar-refractivity contribution in [3.8, 4) is 11.5 Å². The fraction of sp³-hybridized carbons (Fsp3) is 0.192. The molecule has 4 rings (SSSR count). The number of ether oxygens (including phenoxy) is 2. The molecule has 0 bridgehead atoms. The van der Waals surface area contributed by atoms with Crippen molar-refractivity contribution < 1.29 is 9.47 Å². The largest absolute Gasteiger partial charge is 0.493 e. The number of rotatable bonds is 8. The molecule has 0 aliphatic carbocycles. The van der Waals surface area contributed by atoms with Crippen LogP contribution in [0.4, 0.5) is 0 Å². The summed E-state index contributed by atoms with van der Waals surface area (Å²) >= 11 is 15.9. The Balaban J connectivity index is 1.66. The van der Waals surface area contributed by atoms with Gasteiger partial charge in [-0.3, -0.25) is 4.79 Å². The van der Waals surface area contributed by atoms with Gasteiger partial charge in [0.25, 0.3) is 5.56 Å². The normalized spacial score (nSPS) is 11.3. The zero-order chi connectivity index (χ0) is 24.9. The van der Waals surface area contributed by atoms with Crippen molar-refractivity contribution in [2.24, 2.45) is 5.10 Å². The number of hydrogen-bond donors (Lipinski definition) is 0. The quantitative estimate of drug-likeness (QED) is 0.215. The fourth-order valence-corrected chi connectivity index (χ4v) is 4.27. The monoisotopic (exact) mass is 573 g/mol. The van der Waals surface area contributed by atoms with Crippen LogP contribution < -0.4 is 15.0 Å². The Bertz CT molecular complexity index is 1450. The Kier molecular flexibility index (Phi) is 8.11. The van der Waals surface area contributed by atoms with Crippen LogP contribution in [-0.2, 0) is 13.0 Å². The highest BCUT2D eigenvalue weighted by molar-refractivity contribution is 9.10. The maximum absolute atomic E-state index is 13.2. The topological polar surface area (TPSA) is 65.7 Å². The minimum atomic E-state index is -0.239. The maximum Gasteiger partial charge on any atom is 0.282 e. The maximum atomic E-state index is 13.2. The first-order valence-corrected chi connectivity index (χ1v) is 12.4. The van der Waals surface area contributed by atoms with E-state index in [0.29, 0.717) is 56.9 Å². The molecule has 0 aliphatic heterocycles. The third kappa shape index (κ3) is 5.86. The molecule has 9 heteroatoms. The van der Waals surface area contributed by atoms with E-state index in [0.717, 1.165) is 16.5 Å². The lowest BCUT2D eigenvalue weighted by molar-refractivity contribution is 0.284. The molecule has 0 spiro atoms. The molecule has 0 radical (unpaired) electrons. The molecule has 0 fully saturated rings. The molecule has 0 saturated carbocycles. The number of nitrogens with zero attached hydrogens (tertiary/aromatic N) is 3. The second kappa shape index (κ2) is 11.2. The minimum absolute atomic E-state index is 0.239. The van der Waals surface area contributed by atoms with Crippen molar-refractivity contribution in [1.82, 2.24) is 9.66 Å². The summed E-state index contributed by atoms with van der Waals surface area (Å²) in [6, 6.07) is 16.3. The van der Waals surface area contributed by atoms with E-state index >= 15 is 0 Å². The van der Waals surface area contributed by atoms with E-state index in [1.165, 1.54) is 11.8 Å². The number of aromatic nitrogens is 2. The van der Waals surface area contributed by atoms with Gasteiger partial charge in [-0.15, -0.1) is 0 Å². The Morgan fingerprint density at radius 1 is 1.11 bits per heavy atom. The van der Waals surface area contributed by atoms with Crippen molar-refractivity contribution in [1.29, 1.82) is 0 Å². The SMILES string of the molecule is CCCc1nc2ccc(Br)cc2c(=O)n1N=Cc1cc(Cl)c(OCc2ccc(Cl)cc2)c(OC)c1. The van der Waals surface area contributed by atoms with Crippen LogP contribution in [0, 0.1) is 0 Å². The van der Waals surface area contributed by atoms with E-state index < -0.39 is 0 Å². The molecule has 0 amide bonds. The zero-order valence-electron chi connectivity index (χ0n) is 19.1. The van der Waals surface area contributed by atoms with Crippen LogP contribution in [0.2, 0.25) is 10.0 Å². The summed E-state index contributed by atoms with van der Waals surface area (Å²) < 4.78 is 13.6.